The van der Waals surface area contributed by atoms with E-state index in [1.807, 2.05) is 0 Å². The number of hydrogen-bond donors (Lipinski definition) is 1. The van der Waals surface area contributed by atoms with E-state index in [-0.39, 0.29) is 0 Å². The fourth-order valence-electron chi connectivity index (χ4n) is 2.69. The molecule has 1 saturated heterocycles. The first-order chi connectivity index (χ1) is 8.25. The summed E-state index contributed by atoms with van der Waals surface area (Å²) in [5, 5.41) is 3.37. The Labute approximate surface area is 103 Å². The summed E-state index contributed by atoms with van der Waals surface area (Å²) in [5.74, 6) is 1.15. The number of anilines is 1. The molecular weight excluding hydrogens is 212 g/mol. The monoisotopic (exact) mass is 232 g/mol. The van der Waals surface area contributed by atoms with E-state index in [4.69, 9.17) is 4.98 Å². The summed E-state index contributed by atoms with van der Waals surface area (Å²) >= 11 is 0. The maximum Gasteiger partial charge on any atom is 0.128 e. The van der Waals surface area contributed by atoms with Gasteiger partial charge in [0, 0.05) is 38.8 Å². The first-order valence-corrected chi connectivity index (χ1v) is 6.41. The maximum atomic E-state index is 4.83. The van der Waals surface area contributed by atoms with E-state index in [1.54, 1.807) is 0 Å². The second-order valence-electron chi connectivity index (χ2n) is 5.03. The molecule has 2 aliphatic heterocycles. The van der Waals surface area contributed by atoms with E-state index in [2.05, 4.69) is 41.2 Å². The molecular formula is C13H20N4. The quantitative estimate of drug-likeness (QED) is 0.782. The third-order valence-corrected chi connectivity index (χ3v) is 3.95. The van der Waals surface area contributed by atoms with Crippen molar-refractivity contribution in [3.8, 4) is 0 Å². The molecule has 1 aromatic rings. The van der Waals surface area contributed by atoms with Gasteiger partial charge in [-0.2, -0.15) is 0 Å². The average Bonchev–Trinajstić information content (AvgIpc) is 2.66. The molecule has 3 rings (SSSR count). The van der Waals surface area contributed by atoms with Crippen LogP contribution in [-0.2, 0) is 6.54 Å². The first kappa shape index (κ1) is 11.0. The van der Waals surface area contributed by atoms with Crippen LogP contribution in [-0.4, -0.2) is 43.1 Å². The zero-order valence-electron chi connectivity index (χ0n) is 10.6. The van der Waals surface area contributed by atoms with Gasteiger partial charge in [0.25, 0.3) is 0 Å². The third kappa shape index (κ3) is 1.91. The van der Waals surface area contributed by atoms with Gasteiger partial charge < -0.3 is 10.2 Å². The second-order valence-corrected chi connectivity index (χ2v) is 5.03. The molecule has 1 unspecified atom stereocenters. The maximum absolute atomic E-state index is 4.83. The van der Waals surface area contributed by atoms with Gasteiger partial charge in [0.2, 0.25) is 0 Å². The van der Waals surface area contributed by atoms with Crippen LogP contribution in [0.3, 0.4) is 0 Å². The molecule has 17 heavy (non-hydrogen) atoms. The molecule has 0 bridgehead atoms. The minimum absolute atomic E-state index is 0.509. The molecule has 1 fully saturated rings. The van der Waals surface area contributed by atoms with Crippen LogP contribution in [0.15, 0.2) is 12.1 Å². The lowest BCUT2D eigenvalue weighted by molar-refractivity contribution is 0.285. The lowest BCUT2D eigenvalue weighted by atomic mass is 10.1. The van der Waals surface area contributed by atoms with Crippen LogP contribution in [0.4, 0.5) is 5.82 Å². The standard InChI is InChI=1S/C13H20N4/c1-10-11-3-4-13(15-12(11)9-16(10)2)17-7-5-14-6-8-17/h3-4,10,14H,5-9H2,1-2H3. The summed E-state index contributed by atoms with van der Waals surface area (Å²) in [6.45, 7) is 7.49. The van der Waals surface area contributed by atoms with Gasteiger partial charge in [-0.15, -0.1) is 0 Å². The van der Waals surface area contributed by atoms with Gasteiger partial charge >= 0.3 is 0 Å². The highest BCUT2D eigenvalue weighted by Crippen LogP contribution is 2.31. The van der Waals surface area contributed by atoms with Crippen molar-refractivity contribution in [1.82, 2.24) is 15.2 Å². The number of nitrogens with one attached hydrogen (secondary N) is 1. The van der Waals surface area contributed by atoms with Gasteiger partial charge in [0.1, 0.15) is 5.82 Å². The summed E-state index contributed by atoms with van der Waals surface area (Å²) in [6, 6.07) is 4.95. The van der Waals surface area contributed by atoms with Gasteiger partial charge in [-0.05, 0) is 25.6 Å². The molecule has 0 radical (unpaired) electrons. The van der Waals surface area contributed by atoms with Crippen molar-refractivity contribution in [3.63, 3.8) is 0 Å². The van der Waals surface area contributed by atoms with E-state index in [1.165, 1.54) is 11.3 Å². The van der Waals surface area contributed by atoms with Crippen LogP contribution in [0.2, 0.25) is 0 Å². The third-order valence-electron chi connectivity index (χ3n) is 3.95. The Morgan fingerprint density at radius 1 is 1.29 bits per heavy atom. The Balaban J connectivity index is 1.86. The molecule has 1 N–H and O–H groups in total. The topological polar surface area (TPSA) is 31.4 Å². The van der Waals surface area contributed by atoms with E-state index in [0.717, 1.165) is 38.5 Å². The van der Waals surface area contributed by atoms with Crippen molar-refractivity contribution >= 4 is 5.82 Å². The molecule has 2 aliphatic rings. The highest BCUT2D eigenvalue weighted by Gasteiger charge is 2.25. The summed E-state index contributed by atoms with van der Waals surface area (Å²) < 4.78 is 0. The van der Waals surface area contributed by atoms with Crippen LogP contribution in [0.25, 0.3) is 0 Å². The van der Waals surface area contributed by atoms with Crippen LogP contribution < -0.4 is 10.2 Å². The SMILES string of the molecule is CC1c2ccc(N3CCNCC3)nc2CN1C. The van der Waals surface area contributed by atoms with Gasteiger partial charge in [-0.25, -0.2) is 4.98 Å². The number of aromatic nitrogens is 1. The number of nitrogens with zero attached hydrogens (tertiary/aromatic N) is 3. The van der Waals surface area contributed by atoms with Crippen molar-refractivity contribution in [2.75, 3.05) is 38.1 Å². The predicted molar refractivity (Wildman–Crippen MR) is 69.2 cm³/mol. The van der Waals surface area contributed by atoms with Gasteiger partial charge in [-0.1, -0.05) is 6.07 Å². The molecule has 1 atom stereocenters. The number of fused-ring (bicyclic) bond motifs is 1. The second kappa shape index (κ2) is 4.27. The lowest BCUT2D eigenvalue weighted by Crippen LogP contribution is -2.43. The van der Waals surface area contributed by atoms with E-state index in [9.17, 15) is 0 Å². The molecule has 0 amide bonds. The smallest absolute Gasteiger partial charge is 0.128 e. The van der Waals surface area contributed by atoms with Gasteiger partial charge in [0.05, 0.1) is 5.69 Å². The van der Waals surface area contributed by atoms with Crippen molar-refractivity contribution in [2.45, 2.75) is 19.5 Å². The highest BCUT2D eigenvalue weighted by molar-refractivity contribution is 5.44. The number of hydrogen-bond acceptors (Lipinski definition) is 4. The van der Waals surface area contributed by atoms with Crippen LogP contribution in [0, 0.1) is 0 Å². The molecule has 4 nitrogen and oxygen atoms in total. The normalized spacial score (nSPS) is 25.1. The first-order valence-electron chi connectivity index (χ1n) is 6.41. The molecule has 1 aromatic heterocycles. The Kier molecular flexibility index (Phi) is 2.76. The Bertz CT molecular complexity index is 412. The van der Waals surface area contributed by atoms with Crippen LogP contribution in [0.1, 0.15) is 24.2 Å². The van der Waals surface area contributed by atoms with E-state index in [0.29, 0.717) is 6.04 Å². The zero-order chi connectivity index (χ0) is 11.8. The summed E-state index contributed by atoms with van der Waals surface area (Å²) in [6.07, 6.45) is 0. The molecule has 0 aromatic carbocycles. The Morgan fingerprint density at radius 3 is 2.82 bits per heavy atom. The largest absolute Gasteiger partial charge is 0.354 e. The van der Waals surface area contributed by atoms with Crippen molar-refractivity contribution < 1.29 is 0 Å². The Hall–Kier alpha value is -1.13. The highest BCUT2D eigenvalue weighted by atomic mass is 15.2. The van der Waals surface area contributed by atoms with Crippen LogP contribution >= 0.6 is 0 Å². The molecule has 3 heterocycles. The lowest BCUT2D eigenvalue weighted by Gasteiger charge is -2.28. The fraction of sp³-hybridized carbons (Fsp3) is 0.615. The van der Waals surface area contributed by atoms with Gasteiger partial charge in [-0.3, -0.25) is 4.90 Å². The number of pyridine rings is 1. The Morgan fingerprint density at radius 2 is 2.06 bits per heavy atom. The number of rotatable bonds is 1. The molecule has 4 heteroatoms. The summed E-state index contributed by atoms with van der Waals surface area (Å²) in [7, 11) is 2.16. The minimum atomic E-state index is 0.509. The molecule has 0 aliphatic carbocycles. The summed E-state index contributed by atoms with van der Waals surface area (Å²) in [4.78, 5) is 9.56. The van der Waals surface area contributed by atoms with Crippen molar-refractivity contribution in [1.29, 1.82) is 0 Å². The van der Waals surface area contributed by atoms with Gasteiger partial charge in [0.15, 0.2) is 0 Å². The molecule has 0 spiro atoms. The zero-order valence-corrected chi connectivity index (χ0v) is 10.6. The van der Waals surface area contributed by atoms with E-state index >= 15 is 0 Å². The number of piperazine rings is 1. The van der Waals surface area contributed by atoms with Crippen LogP contribution in [0.5, 0.6) is 0 Å². The molecule has 0 saturated carbocycles. The van der Waals surface area contributed by atoms with E-state index < -0.39 is 0 Å². The fourth-order valence-corrected chi connectivity index (χ4v) is 2.69. The molecule has 92 valence electrons. The van der Waals surface area contributed by atoms with Crippen molar-refractivity contribution in [3.05, 3.63) is 23.4 Å². The average molecular weight is 232 g/mol. The summed E-state index contributed by atoms with van der Waals surface area (Å²) in [5.41, 5.74) is 2.66. The minimum Gasteiger partial charge on any atom is -0.354 e. The predicted octanol–water partition coefficient (Wildman–Crippen LogP) is 0.998. The van der Waals surface area contributed by atoms with Crippen molar-refractivity contribution in [2.24, 2.45) is 0 Å².